The summed E-state index contributed by atoms with van der Waals surface area (Å²) in [6, 6.07) is 3.00. The molecule has 4 nitrogen and oxygen atoms in total. The summed E-state index contributed by atoms with van der Waals surface area (Å²) in [6.07, 6.45) is 0. The predicted octanol–water partition coefficient (Wildman–Crippen LogP) is 2.10. The SMILES string of the molecule is CCOOCc1cc(Cl)cc(O)c1N. The van der Waals surface area contributed by atoms with Crippen LogP contribution < -0.4 is 5.73 Å². The van der Waals surface area contributed by atoms with Crippen LogP contribution in [0, 0.1) is 0 Å². The van der Waals surface area contributed by atoms with Crippen LogP contribution in [0.3, 0.4) is 0 Å². The summed E-state index contributed by atoms with van der Waals surface area (Å²) in [6.45, 7) is 2.42. The molecule has 0 unspecified atom stereocenters. The van der Waals surface area contributed by atoms with Gasteiger partial charge < -0.3 is 10.8 Å². The number of benzene rings is 1. The minimum atomic E-state index is -0.0485. The van der Waals surface area contributed by atoms with Crippen LogP contribution in [0.5, 0.6) is 5.75 Å². The molecule has 0 radical (unpaired) electrons. The molecule has 0 saturated carbocycles. The highest BCUT2D eigenvalue weighted by atomic mass is 35.5. The Bertz CT molecular complexity index is 317. The number of nitrogens with two attached hydrogens (primary N) is 1. The van der Waals surface area contributed by atoms with E-state index in [1.807, 2.05) is 0 Å². The number of phenolic OH excluding ortho intramolecular Hbond substituents is 1. The summed E-state index contributed by atoms with van der Waals surface area (Å²) in [5, 5.41) is 9.74. The smallest absolute Gasteiger partial charge is 0.140 e. The molecule has 0 aromatic heterocycles. The second-order valence-corrected chi connectivity index (χ2v) is 3.10. The van der Waals surface area contributed by atoms with Gasteiger partial charge in [0.2, 0.25) is 0 Å². The van der Waals surface area contributed by atoms with Crippen LogP contribution >= 0.6 is 11.6 Å². The summed E-state index contributed by atoms with van der Waals surface area (Å²) in [4.78, 5) is 9.50. The van der Waals surface area contributed by atoms with E-state index in [1.165, 1.54) is 6.07 Å². The van der Waals surface area contributed by atoms with Gasteiger partial charge in [-0.1, -0.05) is 11.6 Å². The van der Waals surface area contributed by atoms with Gasteiger partial charge in [0.15, 0.2) is 0 Å². The Labute approximate surface area is 87.1 Å². The van der Waals surface area contributed by atoms with Crippen LogP contribution in [0.1, 0.15) is 12.5 Å². The summed E-state index contributed by atoms with van der Waals surface area (Å²) < 4.78 is 0. The molecule has 0 heterocycles. The molecule has 0 fully saturated rings. The molecule has 0 amide bonds. The molecule has 1 aromatic rings. The average Bonchev–Trinajstić information content (AvgIpc) is 2.13. The van der Waals surface area contributed by atoms with Gasteiger partial charge in [-0.2, -0.15) is 0 Å². The minimum absolute atomic E-state index is 0.0485. The Morgan fingerprint density at radius 1 is 1.43 bits per heavy atom. The van der Waals surface area contributed by atoms with E-state index in [4.69, 9.17) is 27.1 Å². The maximum atomic E-state index is 9.33. The molecule has 0 aliphatic rings. The van der Waals surface area contributed by atoms with E-state index in [1.54, 1.807) is 13.0 Å². The quantitative estimate of drug-likeness (QED) is 0.267. The topological polar surface area (TPSA) is 64.7 Å². The first kappa shape index (κ1) is 11.1. The number of hydrogen-bond acceptors (Lipinski definition) is 4. The van der Waals surface area contributed by atoms with Crippen molar-refractivity contribution in [3.8, 4) is 5.75 Å². The molecular weight excluding hydrogens is 206 g/mol. The third-order valence-corrected chi connectivity index (χ3v) is 1.84. The second-order valence-electron chi connectivity index (χ2n) is 2.67. The van der Waals surface area contributed by atoms with Crippen molar-refractivity contribution in [2.24, 2.45) is 0 Å². The van der Waals surface area contributed by atoms with Gasteiger partial charge in [-0.3, -0.25) is 0 Å². The lowest BCUT2D eigenvalue weighted by Crippen LogP contribution is -1.99. The largest absolute Gasteiger partial charge is 0.506 e. The van der Waals surface area contributed by atoms with E-state index in [0.29, 0.717) is 17.2 Å². The zero-order valence-electron chi connectivity index (χ0n) is 7.79. The third kappa shape index (κ3) is 2.77. The van der Waals surface area contributed by atoms with Gasteiger partial charge in [0.1, 0.15) is 12.4 Å². The molecule has 0 aliphatic carbocycles. The van der Waals surface area contributed by atoms with E-state index in [0.717, 1.165) is 0 Å². The second kappa shape index (κ2) is 5.05. The van der Waals surface area contributed by atoms with Gasteiger partial charge in [0, 0.05) is 16.7 Å². The summed E-state index contributed by atoms with van der Waals surface area (Å²) in [5.74, 6) is -0.0485. The van der Waals surface area contributed by atoms with Crippen molar-refractivity contribution in [3.63, 3.8) is 0 Å². The van der Waals surface area contributed by atoms with Gasteiger partial charge in [-0.25, -0.2) is 9.78 Å². The van der Waals surface area contributed by atoms with Crippen LogP contribution in [0.4, 0.5) is 5.69 Å². The van der Waals surface area contributed by atoms with Crippen molar-refractivity contribution < 1.29 is 14.9 Å². The van der Waals surface area contributed by atoms with Gasteiger partial charge in [0.05, 0.1) is 12.3 Å². The van der Waals surface area contributed by atoms with Crippen molar-refractivity contribution in [1.29, 1.82) is 0 Å². The number of nitrogen functional groups attached to an aromatic ring is 1. The molecular formula is C9H12ClNO3. The Hall–Kier alpha value is -0.970. The van der Waals surface area contributed by atoms with Crippen LogP contribution in [0.25, 0.3) is 0 Å². The minimum Gasteiger partial charge on any atom is -0.506 e. The Morgan fingerprint density at radius 2 is 2.14 bits per heavy atom. The fraction of sp³-hybridized carbons (Fsp3) is 0.333. The summed E-state index contributed by atoms with van der Waals surface area (Å²) in [5.41, 5.74) is 6.45. The number of anilines is 1. The van der Waals surface area contributed by atoms with E-state index in [2.05, 4.69) is 0 Å². The fourth-order valence-electron chi connectivity index (χ4n) is 0.967. The lowest BCUT2D eigenvalue weighted by molar-refractivity contribution is -0.300. The number of hydrogen-bond donors (Lipinski definition) is 2. The van der Waals surface area contributed by atoms with Gasteiger partial charge in [-0.15, -0.1) is 0 Å². The van der Waals surface area contributed by atoms with E-state index < -0.39 is 0 Å². The predicted molar refractivity (Wildman–Crippen MR) is 53.9 cm³/mol. The van der Waals surface area contributed by atoms with Crippen molar-refractivity contribution in [1.82, 2.24) is 0 Å². The molecule has 14 heavy (non-hydrogen) atoms. The molecule has 0 aliphatic heterocycles. The average molecular weight is 218 g/mol. The maximum absolute atomic E-state index is 9.33. The first-order valence-electron chi connectivity index (χ1n) is 4.16. The van der Waals surface area contributed by atoms with Crippen LogP contribution in [-0.2, 0) is 16.4 Å². The highest BCUT2D eigenvalue weighted by Gasteiger charge is 2.06. The van der Waals surface area contributed by atoms with E-state index in [9.17, 15) is 5.11 Å². The molecule has 1 aromatic carbocycles. The number of aromatic hydroxyl groups is 1. The Morgan fingerprint density at radius 3 is 2.79 bits per heavy atom. The third-order valence-electron chi connectivity index (χ3n) is 1.62. The Kier molecular flexibility index (Phi) is 4.00. The van der Waals surface area contributed by atoms with Crippen molar-refractivity contribution >= 4 is 17.3 Å². The maximum Gasteiger partial charge on any atom is 0.140 e. The standard InChI is InChI=1S/C9H12ClNO3/c1-2-13-14-5-6-3-7(10)4-8(12)9(6)11/h3-4,12H,2,5,11H2,1H3. The van der Waals surface area contributed by atoms with Gasteiger partial charge in [-0.05, 0) is 13.0 Å². The van der Waals surface area contributed by atoms with Crippen LogP contribution in [0.15, 0.2) is 12.1 Å². The van der Waals surface area contributed by atoms with E-state index in [-0.39, 0.29) is 18.0 Å². The molecule has 0 bridgehead atoms. The molecule has 1 rings (SSSR count). The van der Waals surface area contributed by atoms with Crippen molar-refractivity contribution in [2.45, 2.75) is 13.5 Å². The summed E-state index contributed by atoms with van der Waals surface area (Å²) >= 11 is 5.72. The molecule has 0 atom stereocenters. The zero-order chi connectivity index (χ0) is 10.6. The normalized spacial score (nSPS) is 10.4. The van der Waals surface area contributed by atoms with Crippen molar-refractivity contribution in [2.75, 3.05) is 12.3 Å². The first-order chi connectivity index (χ1) is 6.65. The highest BCUT2D eigenvalue weighted by molar-refractivity contribution is 6.30. The Balaban J connectivity index is 2.75. The van der Waals surface area contributed by atoms with Crippen LogP contribution in [-0.4, -0.2) is 11.7 Å². The number of rotatable bonds is 4. The van der Waals surface area contributed by atoms with E-state index >= 15 is 0 Å². The number of halogens is 1. The molecule has 78 valence electrons. The zero-order valence-corrected chi connectivity index (χ0v) is 8.54. The van der Waals surface area contributed by atoms with Gasteiger partial charge >= 0.3 is 0 Å². The van der Waals surface area contributed by atoms with Crippen LogP contribution in [0.2, 0.25) is 5.02 Å². The lowest BCUT2D eigenvalue weighted by Gasteiger charge is -2.07. The molecule has 5 heteroatoms. The summed E-state index contributed by atoms with van der Waals surface area (Å²) in [7, 11) is 0. The number of phenols is 1. The molecule has 3 N–H and O–H groups in total. The molecule has 0 saturated heterocycles. The first-order valence-corrected chi connectivity index (χ1v) is 4.54. The van der Waals surface area contributed by atoms with Gasteiger partial charge in [0.25, 0.3) is 0 Å². The molecule has 0 spiro atoms. The fourth-order valence-corrected chi connectivity index (χ4v) is 1.20. The van der Waals surface area contributed by atoms with Crippen molar-refractivity contribution in [3.05, 3.63) is 22.7 Å². The monoisotopic (exact) mass is 217 g/mol. The highest BCUT2D eigenvalue weighted by Crippen LogP contribution is 2.29. The lowest BCUT2D eigenvalue weighted by atomic mass is 10.2.